The zero-order valence-electron chi connectivity index (χ0n) is 10.4. The quantitative estimate of drug-likeness (QED) is 0.807. The first-order valence-electron chi connectivity index (χ1n) is 5.49. The first-order valence-corrected chi connectivity index (χ1v) is 5.49. The molecule has 2 N–H and O–H groups in total. The number of hydrogen-bond acceptors (Lipinski definition) is 5. The third-order valence-electron chi connectivity index (χ3n) is 2.39. The molecule has 0 aliphatic rings. The van der Waals surface area contributed by atoms with Crippen LogP contribution in [0, 0.1) is 6.92 Å². The van der Waals surface area contributed by atoms with Gasteiger partial charge in [0.15, 0.2) is 0 Å². The predicted molar refractivity (Wildman–Crippen MR) is 66.9 cm³/mol. The van der Waals surface area contributed by atoms with E-state index in [1.165, 1.54) is 31.4 Å². The lowest BCUT2D eigenvalue weighted by atomic mass is 10.1. The number of rotatable bonds is 3. The number of methoxy groups -OCH3 is 1. The number of benzene rings is 1. The van der Waals surface area contributed by atoms with Crippen molar-refractivity contribution in [3.05, 3.63) is 41.2 Å². The monoisotopic (exact) mass is 260 g/mol. The summed E-state index contributed by atoms with van der Waals surface area (Å²) in [6.07, 6.45) is 0. The van der Waals surface area contributed by atoms with Gasteiger partial charge in [-0.15, -0.1) is 5.10 Å². The number of hydrogen-bond donors (Lipinski definition) is 2. The Bertz CT molecular complexity index is 604. The molecule has 7 nitrogen and oxygen atoms in total. The number of carbonyl (C=O) groups excluding carboxylic acids is 2. The summed E-state index contributed by atoms with van der Waals surface area (Å²) < 4.78 is 4.57. The molecule has 0 radical (unpaired) electrons. The summed E-state index contributed by atoms with van der Waals surface area (Å²) in [7, 11) is 1.30. The fourth-order valence-electron chi connectivity index (χ4n) is 1.45. The normalized spacial score (nSPS) is 10.0. The average Bonchev–Trinajstić information content (AvgIpc) is 2.83. The lowest BCUT2D eigenvalue weighted by Crippen LogP contribution is -2.13. The van der Waals surface area contributed by atoms with Crippen LogP contribution < -0.4 is 5.32 Å². The second-order valence-corrected chi connectivity index (χ2v) is 3.77. The lowest BCUT2D eigenvalue weighted by molar-refractivity contribution is 0.0600. The number of aryl methyl sites for hydroxylation is 1. The number of H-pyrrole nitrogens is 1. The van der Waals surface area contributed by atoms with Crippen LogP contribution >= 0.6 is 0 Å². The van der Waals surface area contributed by atoms with E-state index in [-0.39, 0.29) is 11.9 Å². The van der Waals surface area contributed by atoms with Crippen molar-refractivity contribution in [3.63, 3.8) is 0 Å². The first kappa shape index (κ1) is 12.7. The number of esters is 1. The molecule has 0 saturated carbocycles. The van der Waals surface area contributed by atoms with Gasteiger partial charge < -0.3 is 4.74 Å². The van der Waals surface area contributed by atoms with Gasteiger partial charge in [0.2, 0.25) is 5.95 Å². The van der Waals surface area contributed by atoms with E-state index in [4.69, 9.17) is 0 Å². The largest absolute Gasteiger partial charge is 0.465 e. The van der Waals surface area contributed by atoms with Gasteiger partial charge in [-0.05, 0) is 31.2 Å². The summed E-state index contributed by atoms with van der Waals surface area (Å²) in [5.74, 6) is 0.0165. The Morgan fingerprint density at radius 1 is 1.21 bits per heavy atom. The molecule has 1 aromatic carbocycles. The standard InChI is InChI=1S/C12H12N4O3/c1-7-13-12(16-15-7)14-10(17)8-3-5-9(6-4-8)11(18)19-2/h3-6H,1-2H3,(H2,13,14,15,16,17). The molecule has 0 bridgehead atoms. The highest BCUT2D eigenvalue weighted by Gasteiger charge is 2.10. The number of ether oxygens (including phenoxy) is 1. The molecule has 19 heavy (non-hydrogen) atoms. The Labute approximate surface area is 109 Å². The molecule has 7 heteroatoms. The van der Waals surface area contributed by atoms with E-state index in [0.29, 0.717) is 17.0 Å². The lowest BCUT2D eigenvalue weighted by Gasteiger charge is -2.02. The summed E-state index contributed by atoms with van der Waals surface area (Å²) in [5.41, 5.74) is 0.780. The molecule has 0 unspecified atom stereocenters. The SMILES string of the molecule is COC(=O)c1ccc(C(=O)Nc2n[nH]c(C)n2)cc1. The van der Waals surface area contributed by atoms with Crippen molar-refractivity contribution in [2.75, 3.05) is 12.4 Å². The third-order valence-corrected chi connectivity index (χ3v) is 2.39. The van der Waals surface area contributed by atoms with Crippen molar-refractivity contribution in [3.8, 4) is 0 Å². The van der Waals surface area contributed by atoms with Gasteiger partial charge >= 0.3 is 5.97 Å². The average molecular weight is 260 g/mol. The molecule has 0 aliphatic carbocycles. The van der Waals surface area contributed by atoms with Gasteiger partial charge in [0.05, 0.1) is 12.7 Å². The molecule has 2 rings (SSSR count). The van der Waals surface area contributed by atoms with E-state index in [9.17, 15) is 9.59 Å². The minimum absolute atomic E-state index is 0.208. The molecule has 2 aromatic rings. The molecule has 0 spiro atoms. The molecular formula is C12H12N4O3. The van der Waals surface area contributed by atoms with Crippen molar-refractivity contribution in [1.82, 2.24) is 15.2 Å². The van der Waals surface area contributed by atoms with Crippen LogP contribution in [-0.4, -0.2) is 34.2 Å². The minimum atomic E-state index is -0.448. The molecule has 1 heterocycles. The Morgan fingerprint density at radius 2 is 1.84 bits per heavy atom. The third kappa shape index (κ3) is 2.95. The van der Waals surface area contributed by atoms with Gasteiger partial charge in [0.1, 0.15) is 5.82 Å². The maximum absolute atomic E-state index is 11.9. The van der Waals surface area contributed by atoms with Gasteiger partial charge in [0, 0.05) is 5.56 Å². The Kier molecular flexibility index (Phi) is 3.56. The summed E-state index contributed by atoms with van der Waals surface area (Å²) in [6.45, 7) is 1.73. The molecule has 98 valence electrons. The van der Waals surface area contributed by atoms with Gasteiger partial charge in [0.25, 0.3) is 5.91 Å². The topological polar surface area (TPSA) is 97.0 Å². The Morgan fingerprint density at radius 3 is 2.37 bits per heavy atom. The van der Waals surface area contributed by atoms with Crippen LogP contribution in [0.2, 0.25) is 0 Å². The second-order valence-electron chi connectivity index (χ2n) is 3.77. The van der Waals surface area contributed by atoms with Crippen molar-refractivity contribution in [2.45, 2.75) is 6.92 Å². The van der Waals surface area contributed by atoms with Gasteiger partial charge in [-0.2, -0.15) is 4.98 Å². The molecule has 0 atom stereocenters. The molecule has 1 amide bonds. The molecular weight excluding hydrogens is 248 g/mol. The second kappa shape index (κ2) is 5.30. The number of nitrogens with one attached hydrogen (secondary N) is 2. The van der Waals surface area contributed by atoms with Crippen molar-refractivity contribution >= 4 is 17.8 Å². The fourth-order valence-corrected chi connectivity index (χ4v) is 1.45. The number of aromatic nitrogens is 3. The van der Waals surface area contributed by atoms with Crippen molar-refractivity contribution in [2.24, 2.45) is 0 Å². The Balaban J connectivity index is 2.09. The summed E-state index contributed by atoms with van der Waals surface area (Å²) in [4.78, 5) is 27.1. The molecule has 0 saturated heterocycles. The summed E-state index contributed by atoms with van der Waals surface area (Å²) >= 11 is 0. The number of anilines is 1. The van der Waals surface area contributed by atoms with Crippen LogP contribution in [0.5, 0.6) is 0 Å². The van der Waals surface area contributed by atoms with Crippen molar-refractivity contribution in [1.29, 1.82) is 0 Å². The van der Waals surface area contributed by atoms with E-state index in [1.807, 2.05) is 0 Å². The van der Waals surface area contributed by atoms with Gasteiger partial charge in [-0.1, -0.05) is 0 Å². The van der Waals surface area contributed by atoms with Crippen LogP contribution in [0.15, 0.2) is 24.3 Å². The van der Waals surface area contributed by atoms with E-state index in [2.05, 4.69) is 25.2 Å². The maximum Gasteiger partial charge on any atom is 0.337 e. The summed E-state index contributed by atoms with van der Waals surface area (Å²) in [5, 5.41) is 8.95. The number of nitrogens with zero attached hydrogens (tertiary/aromatic N) is 2. The smallest absolute Gasteiger partial charge is 0.337 e. The van der Waals surface area contributed by atoms with Crippen LogP contribution in [0.1, 0.15) is 26.5 Å². The molecule has 0 fully saturated rings. The zero-order valence-corrected chi connectivity index (χ0v) is 10.4. The van der Waals surface area contributed by atoms with Crippen LogP contribution in [-0.2, 0) is 4.74 Å². The van der Waals surface area contributed by atoms with E-state index >= 15 is 0 Å². The van der Waals surface area contributed by atoms with Crippen LogP contribution in [0.3, 0.4) is 0 Å². The van der Waals surface area contributed by atoms with Gasteiger partial charge in [-0.3, -0.25) is 15.2 Å². The zero-order chi connectivity index (χ0) is 13.8. The fraction of sp³-hybridized carbons (Fsp3) is 0.167. The number of carbonyl (C=O) groups is 2. The predicted octanol–water partition coefficient (Wildman–Crippen LogP) is 1.15. The molecule has 1 aromatic heterocycles. The highest BCUT2D eigenvalue weighted by molar-refractivity contribution is 6.03. The highest BCUT2D eigenvalue weighted by Crippen LogP contribution is 2.08. The highest BCUT2D eigenvalue weighted by atomic mass is 16.5. The van der Waals surface area contributed by atoms with Gasteiger partial charge in [-0.25, -0.2) is 4.79 Å². The summed E-state index contributed by atoms with van der Waals surface area (Å²) in [6, 6.07) is 6.09. The maximum atomic E-state index is 11.9. The van der Waals surface area contributed by atoms with Crippen LogP contribution in [0.4, 0.5) is 5.95 Å². The van der Waals surface area contributed by atoms with Crippen molar-refractivity contribution < 1.29 is 14.3 Å². The van der Waals surface area contributed by atoms with Crippen LogP contribution in [0.25, 0.3) is 0 Å². The minimum Gasteiger partial charge on any atom is -0.465 e. The number of amides is 1. The molecule has 0 aliphatic heterocycles. The first-order chi connectivity index (χ1) is 9.10. The van der Waals surface area contributed by atoms with E-state index < -0.39 is 5.97 Å². The van der Waals surface area contributed by atoms with E-state index in [1.54, 1.807) is 6.92 Å². The number of aromatic amines is 1. The van der Waals surface area contributed by atoms with E-state index in [0.717, 1.165) is 0 Å². The Hall–Kier alpha value is -2.70.